The summed E-state index contributed by atoms with van der Waals surface area (Å²) in [5, 5.41) is 11.1. The lowest BCUT2D eigenvalue weighted by Gasteiger charge is -2.25. The van der Waals surface area contributed by atoms with E-state index in [0.717, 1.165) is 11.3 Å². The van der Waals surface area contributed by atoms with Gasteiger partial charge in [0.25, 0.3) is 11.7 Å². The van der Waals surface area contributed by atoms with E-state index >= 15 is 0 Å². The molecule has 3 aromatic rings. The van der Waals surface area contributed by atoms with Crippen LogP contribution in [-0.4, -0.2) is 34.9 Å². The Morgan fingerprint density at radius 3 is 2.12 bits per heavy atom. The van der Waals surface area contributed by atoms with Crippen LogP contribution in [-0.2, 0) is 16.1 Å². The second-order valence-electron chi connectivity index (χ2n) is 8.38. The predicted octanol–water partition coefficient (Wildman–Crippen LogP) is 5.10. The van der Waals surface area contributed by atoms with Gasteiger partial charge in [0.15, 0.2) is 0 Å². The highest BCUT2D eigenvalue weighted by atomic mass is 16.5. The minimum absolute atomic E-state index is 0.0525. The van der Waals surface area contributed by atoms with E-state index in [9.17, 15) is 14.7 Å². The number of ketones is 1. The van der Waals surface area contributed by atoms with Crippen molar-refractivity contribution < 1.29 is 24.2 Å². The molecule has 0 aliphatic carbocycles. The Bertz CT molecular complexity index is 1200. The van der Waals surface area contributed by atoms with E-state index in [2.05, 4.69) is 0 Å². The lowest BCUT2D eigenvalue weighted by atomic mass is 9.95. The minimum atomic E-state index is -0.738. The van der Waals surface area contributed by atoms with E-state index in [1.165, 1.54) is 4.90 Å². The second kappa shape index (κ2) is 9.83. The molecule has 0 saturated carbocycles. The summed E-state index contributed by atoms with van der Waals surface area (Å²) in [5.74, 6) is -0.160. The van der Waals surface area contributed by atoms with Gasteiger partial charge in [-0.05, 0) is 49.2 Å². The number of carbonyl (C=O) groups is 2. The maximum Gasteiger partial charge on any atom is 0.295 e. The second-order valence-corrected chi connectivity index (χ2v) is 8.38. The molecule has 1 N–H and O–H groups in total. The number of ether oxygens (including phenoxy) is 2. The van der Waals surface area contributed by atoms with Crippen LogP contribution in [0.5, 0.6) is 11.5 Å². The molecule has 1 unspecified atom stereocenters. The maximum atomic E-state index is 13.2. The van der Waals surface area contributed by atoms with E-state index in [1.54, 1.807) is 55.6 Å². The fraction of sp³-hybridized carbons (Fsp3) is 0.214. The van der Waals surface area contributed by atoms with Gasteiger partial charge in [-0.3, -0.25) is 9.59 Å². The number of aliphatic hydroxyl groups is 1. The van der Waals surface area contributed by atoms with Crippen molar-refractivity contribution in [2.75, 3.05) is 7.11 Å². The Balaban J connectivity index is 1.76. The summed E-state index contributed by atoms with van der Waals surface area (Å²) in [6.07, 6.45) is 0.0525. The van der Waals surface area contributed by atoms with Crippen molar-refractivity contribution in [3.63, 3.8) is 0 Å². The van der Waals surface area contributed by atoms with Gasteiger partial charge >= 0.3 is 0 Å². The van der Waals surface area contributed by atoms with E-state index in [1.807, 2.05) is 44.2 Å². The third-order valence-corrected chi connectivity index (χ3v) is 5.67. The van der Waals surface area contributed by atoms with Gasteiger partial charge in [-0.25, -0.2) is 0 Å². The van der Waals surface area contributed by atoms with E-state index in [4.69, 9.17) is 9.47 Å². The molecule has 34 heavy (non-hydrogen) atoms. The summed E-state index contributed by atoms with van der Waals surface area (Å²) >= 11 is 0. The van der Waals surface area contributed by atoms with Crippen molar-refractivity contribution in [2.45, 2.75) is 32.5 Å². The number of likely N-dealkylation sites (tertiary alicyclic amines) is 1. The van der Waals surface area contributed by atoms with E-state index in [0.29, 0.717) is 16.9 Å². The number of aliphatic hydroxyl groups excluding tert-OH is 1. The van der Waals surface area contributed by atoms with Crippen molar-refractivity contribution in [2.24, 2.45) is 0 Å². The average molecular weight is 458 g/mol. The standard InChI is InChI=1S/C28H27NO5/c1-18(2)34-23-13-9-19(10-14-23)17-29-25(20-11-15-22(33-3)16-12-20)24(27(31)28(29)32)26(30)21-7-5-4-6-8-21/h4-16,18,25,30H,17H2,1-3H3/b26-24-. The Morgan fingerprint density at radius 2 is 1.53 bits per heavy atom. The van der Waals surface area contributed by atoms with Crippen LogP contribution in [0.1, 0.15) is 36.6 Å². The van der Waals surface area contributed by atoms with Gasteiger partial charge in [0.1, 0.15) is 17.3 Å². The SMILES string of the molecule is COc1ccc(C2/C(=C(/O)c3ccccc3)C(=O)C(=O)N2Cc2ccc(OC(C)C)cc2)cc1. The zero-order valence-corrected chi connectivity index (χ0v) is 19.4. The molecular formula is C28H27NO5. The maximum absolute atomic E-state index is 13.2. The smallest absolute Gasteiger partial charge is 0.295 e. The quantitative estimate of drug-likeness (QED) is 0.303. The van der Waals surface area contributed by atoms with Crippen LogP contribution < -0.4 is 9.47 Å². The number of benzene rings is 3. The van der Waals surface area contributed by atoms with Crippen molar-refractivity contribution in [3.8, 4) is 11.5 Å². The molecule has 4 rings (SSSR count). The highest BCUT2D eigenvalue weighted by molar-refractivity contribution is 6.46. The molecule has 0 bridgehead atoms. The molecule has 1 fully saturated rings. The van der Waals surface area contributed by atoms with Crippen LogP contribution in [0.15, 0.2) is 84.4 Å². The zero-order chi connectivity index (χ0) is 24.2. The van der Waals surface area contributed by atoms with Crippen molar-refractivity contribution in [1.29, 1.82) is 0 Å². The summed E-state index contributed by atoms with van der Waals surface area (Å²) in [7, 11) is 1.57. The van der Waals surface area contributed by atoms with Gasteiger partial charge in [-0.2, -0.15) is 0 Å². The molecule has 0 radical (unpaired) electrons. The molecule has 6 nitrogen and oxygen atoms in total. The molecule has 1 aliphatic heterocycles. The summed E-state index contributed by atoms with van der Waals surface area (Å²) < 4.78 is 11.0. The molecule has 1 amide bonds. The van der Waals surface area contributed by atoms with E-state index in [-0.39, 0.29) is 24.0 Å². The van der Waals surface area contributed by atoms with Gasteiger partial charge < -0.3 is 19.5 Å². The summed E-state index contributed by atoms with van der Waals surface area (Å²) in [5.41, 5.74) is 2.10. The number of rotatable bonds is 7. The highest BCUT2D eigenvalue weighted by Gasteiger charge is 2.46. The van der Waals surface area contributed by atoms with Crippen LogP contribution in [0.4, 0.5) is 0 Å². The monoisotopic (exact) mass is 457 g/mol. The van der Waals surface area contributed by atoms with Gasteiger partial charge in [0.2, 0.25) is 0 Å². The third-order valence-electron chi connectivity index (χ3n) is 5.67. The number of nitrogens with zero attached hydrogens (tertiary/aromatic N) is 1. The van der Waals surface area contributed by atoms with Crippen LogP contribution >= 0.6 is 0 Å². The van der Waals surface area contributed by atoms with Gasteiger partial charge in [-0.15, -0.1) is 0 Å². The Kier molecular flexibility index (Phi) is 6.68. The first-order valence-electron chi connectivity index (χ1n) is 11.1. The molecule has 1 heterocycles. The third kappa shape index (κ3) is 4.66. The van der Waals surface area contributed by atoms with Crippen LogP contribution in [0, 0.1) is 0 Å². The summed E-state index contributed by atoms with van der Waals surface area (Å²) in [4.78, 5) is 27.8. The topological polar surface area (TPSA) is 76.1 Å². The molecule has 6 heteroatoms. The summed E-state index contributed by atoms with van der Waals surface area (Å²) in [6, 6.07) is 22.6. The minimum Gasteiger partial charge on any atom is -0.507 e. The molecule has 1 saturated heterocycles. The summed E-state index contributed by atoms with van der Waals surface area (Å²) in [6.45, 7) is 4.11. The van der Waals surface area contributed by atoms with Gasteiger partial charge in [-0.1, -0.05) is 54.6 Å². The van der Waals surface area contributed by atoms with Crippen molar-refractivity contribution >= 4 is 17.4 Å². The highest BCUT2D eigenvalue weighted by Crippen LogP contribution is 2.40. The first kappa shape index (κ1) is 23.1. The number of amides is 1. The Hall–Kier alpha value is -4.06. The predicted molar refractivity (Wildman–Crippen MR) is 129 cm³/mol. The first-order chi connectivity index (χ1) is 16.4. The van der Waals surface area contributed by atoms with Crippen molar-refractivity contribution in [1.82, 2.24) is 4.90 Å². The molecule has 3 aromatic carbocycles. The number of carbonyl (C=O) groups excluding carboxylic acids is 2. The molecular weight excluding hydrogens is 430 g/mol. The molecule has 0 aromatic heterocycles. The number of hydrogen-bond donors (Lipinski definition) is 1. The number of methoxy groups -OCH3 is 1. The van der Waals surface area contributed by atoms with Crippen LogP contribution in [0.25, 0.3) is 5.76 Å². The normalized spacial score (nSPS) is 17.3. The molecule has 0 spiro atoms. The molecule has 174 valence electrons. The average Bonchev–Trinajstić information content (AvgIpc) is 3.10. The van der Waals surface area contributed by atoms with Crippen LogP contribution in [0.2, 0.25) is 0 Å². The Morgan fingerprint density at radius 1 is 0.912 bits per heavy atom. The van der Waals surface area contributed by atoms with Crippen molar-refractivity contribution in [3.05, 3.63) is 101 Å². The number of hydrogen-bond acceptors (Lipinski definition) is 5. The van der Waals surface area contributed by atoms with Gasteiger partial charge in [0.05, 0.1) is 24.8 Å². The fourth-order valence-electron chi connectivity index (χ4n) is 4.07. The van der Waals surface area contributed by atoms with Crippen LogP contribution in [0.3, 0.4) is 0 Å². The molecule has 1 atom stereocenters. The van der Waals surface area contributed by atoms with Gasteiger partial charge in [0, 0.05) is 12.1 Å². The number of Topliss-reactive ketones (excluding diaryl/α,β-unsaturated/α-hetero) is 1. The molecule has 1 aliphatic rings. The lowest BCUT2D eigenvalue weighted by Crippen LogP contribution is -2.29. The zero-order valence-electron chi connectivity index (χ0n) is 19.4. The Labute approximate surface area is 199 Å². The first-order valence-corrected chi connectivity index (χ1v) is 11.1. The fourth-order valence-corrected chi connectivity index (χ4v) is 4.07. The largest absolute Gasteiger partial charge is 0.507 e. The van der Waals surface area contributed by atoms with E-state index < -0.39 is 17.7 Å². The lowest BCUT2D eigenvalue weighted by molar-refractivity contribution is -0.140.